The van der Waals surface area contributed by atoms with E-state index in [0.29, 0.717) is 0 Å². The number of carbonyl (C=O) groups is 1. The molecule has 0 aliphatic heterocycles. The average Bonchev–Trinajstić information content (AvgIpc) is 2.94. The molecule has 0 saturated carbocycles. The van der Waals surface area contributed by atoms with Crippen LogP contribution in [0.1, 0.15) is 37.4 Å². The summed E-state index contributed by atoms with van der Waals surface area (Å²) >= 11 is 1.65. The molecule has 3 atom stereocenters. The van der Waals surface area contributed by atoms with Gasteiger partial charge in [-0.3, -0.25) is 4.79 Å². The molecule has 0 saturated heterocycles. The van der Waals surface area contributed by atoms with E-state index in [9.17, 15) is 4.79 Å². The Kier molecular flexibility index (Phi) is 5.55. The van der Waals surface area contributed by atoms with Crippen molar-refractivity contribution in [3.63, 3.8) is 0 Å². The summed E-state index contributed by atoms with van der Waals surface area (Å²) in [6.07, 6.45) is 0. The number of carbonyl (C=O) groups excluding carboxylic acids is 1. The molecule has 1 amide bonds. The predicted octanol–water partition coefficient (Wildman–Crippen LogP) is 3.62. The van der Waals surface area contributed by atoms with E-state index in [4.69, 9.17) is 5.73 Å². The Bertz CT molecular complexity index is 666. The van der Waals surface area contributed by atoms with Gasteiger partial charge in [-0.25, -0.2) is 4.98 Å². The van der Waals surface area contributed by atoms with E-state index in [1.165, 1.54) is 0 Å². The Labute approximate surface area is 142 Å². The van der Waals surface area contributed by atoms with E-state index in [0.717, 1.165) is 21.1 Å². The number of aryl methyl sites for hydroxylation is 1. The van der Waals surface area contributed by atoms with Gasteiger partial charge in [0.15, 0.2) is 0 Å². The first kappa shape index (κ1) is 17.6. The first-order valence-corrected chi connectivity index (χ1v) is 8.69. The first-order valence-electron chi connectivity index (χ1n) is 7.88. The van der Waals surface area contributed by atoms with Crippen molar-refractivity contribution in [2.24, 2.45) is 11.7 Å². The fourth-order valence-electron chi connectivity index (χ4n) is 2.41. The monoisotopic (exact) mass is 331 g/mol. The van der Waals surface area contributed by atoms with Gasteiger partial charge in [-0.05, 0) is 20.8 Å². The van der Waals surface area contributed by atoms with Crippen LogP contribution in [0.25, 0.3) is 10.6 Å². The van der Waals surface area contributed by atoms with Crippen molar-refractivity contribution in [3.8, 4) is 10.6 Å². The topological polar surface area (TPSA) is 59.2 Å². The van der Waals surface area contributed by atoms with Crippen LogP contribution < -0.4 is 5.73 Å². The summed E-state index contributed by atoms with van der Waals surface area (Å²) in [5.41, 5.74) is 7.96. The minimum Gasteiger partial charge on any atom is -0.338 e. The molecule has 1 aromatic heterocycles. The van der Waals surface area contributed by atoms with Gasteiger partial charge in [0.1, 0.15) is 5.01 Å². The van der Waals surface area contributed by atoms with E-state index in [-0.39, 0.29) is 23.9 Å². The molecule has 124 valence electrons. The lowest BCUT2D eigenvalue weighted by molar-refractivity contribution is -0.136. The standard InChI is InChI=1S/C18H25N3OS/c1-11(12(2)19)18(22)21(5)14(4)16-13(3)20-17(23-16)15-9-7-6-8-10-15/h6-12,14H,19H2,1-5H3. The van der Waals surface area contributed by atoms with Crippen molar-refractivity contribution in [1.82, 2.24) is 9.88 Å². The number of hydrogen-bond acceptors (Lipinski definition) is 4. The number of thiazole rings is 1. The smallest absolute Gasteiger partial charge is 0.227 e. The molecule has 0 aliphatic carbocycles. The molecular weight excluding hydrogens is 306 g/mol. The molecule has 0 aliphatic rings. The van der Waals surface area contributed by atoms with Crippen molar-refractivity contribution in [3.05, 3.63) is 40.9 Å². The molecule has 0 bridgehead atoms. The van der Waals surface area contributed by atoms with Crippen LogP contribution in [0.2, 0.25) is 0 Å². The van der Waals surface area contributed by atoms with Gasteiger partial charge in [-0.2, -0.15) is 0 Å². The third-order valence-corrected chi connectivity index (χ3v) is 5.72. The molecule has 3 unspecified atom stereocenters. The first-order chi connectivity index (χ1) is 10.8. The fraction of sp³-hybridized carbons (Fsp3) is 0.444. The van der Waals surface area contributed by atoms with E-state index in [1.54, 1.807) is 16.2 Å². The fourth-order valence-corrected chi connectivity index (χ4v) is 3.58. The van der Waals surface area contributed by atoms with Crippen LogP contribution in [0, 0.1) is 12.8 Å². The second-order valence-electron chi connectivity index (χ2n) is 6.11. The van der Waals surface area contributed by atoms with E-state index < -0.39 is 0 Å². The van der Waals surface area contributed by atoms with Gasteiger partial charge in [0.05, 0.1) is 22.5 Å². The SMILES string of the molecule is Cc1nc(-c2ccccc2)sc1C(C)N(C)C(=O)C(C)C(C)N. The van der Waals surface area contributed by atoms with Crippen LogP contribution >= 0.6 is 11.3 Å². The van der Waals surface area contributed by atoms with E-state index >= 15 is 0 Å². The lowest BCUT2D eigenvalue weighted by atomic mass is 10.0. The highest BCUT2D eigenvalue weighted by Gasteiger charge is 2.27. The van der Waals surface area contributed by atoms with Crippen LogP contribution in [-0.4, -0.2) is 28.9 Å². The van der Waals surface area contributed by atoms with Gasteiger partial charge in [-0.15, -0.1) is 11.3 Å². The zero-order valence-electron chi connectivity index (χ0n) is 14.4. The molecule has 5 heteroatoms. The molecular formula is C18H25N3OS. The molecule has 0 radical (unpaired) electrons. The van der Waals surface area contributed by atoms with Gasteiger partial charge < -0.3 is 10.6 Å². The van der Waals surface area contributed by atoms with Crippen LogP contribution in [-0.2, 0) is 4.79 Å². The number of benzene rings is 1. The van der Waals surface area contributed by atoms with Gasteiger partial charge in [0, 0.05) is 18.7 Å². The lowest BCUT2D eigenvalue weighted by Gasteiger charge is -2.28. The number of hydrogen-bond donors (Lipinski definition) is 1. The van der Waals surface area contributed by atoms with Crippen molar-refractivity contribution in [1.29, 1.82) is 0 Å². The summed E-state index contributed by atoms with van der Waals surface area (Å²) < 4.78 is 0. The third-order valence-electron chi connectivity index (χ3n) is 4.34. The summed E-state index contributed by atoms with van der Waals surface area (Å²) in [4.78, 5) is 20.1. The molecule has 2 rings (SSSR count). The molecule has 4 nitrogen and oxygen atoms in total. The molecule has 1 heterocycles. The normalized spacial score (nSPS) is 15.0. The third kappa shape index (κ3) is 3.79. The summed E-state index contributed by atoms with van der Waals surface area (Å²) in [6, 6.07) is 9.96. The maximum absolute atomic E-state index is 12.5. The molecule has 23 heavy (non-hydrogen) atoms. The van der Waals surface area contributed by atoms with Crippen LogP contribution in [0.3, 0.4) is 0 Å². The number of nitrogens with zero attached hydrogens (tertiary/aromatic N) is 2. The molecule has 0 fully saturated rings. The van der Waals surface area contributed by atoms with Crippen LogP contribution in [0.15, 0.2) is 30.3 Å². The van der Waals surface area contributed by atoms with E-state index in [2.05, 4.69) is 17.1 Å². The van der Waals surface area contributed by atoms with Crippen molar-refractivity contribution < 1.29 is 4.79 Å². The minimum absolute atomic E-state index is 0.0151. The summed E-state index contributed by atoms with van der Waals surface area (Å²) in [6.45, 7) is 7.79. The second-order valence-corrected chi connectivity index (χ2v) is 7.14. The maximum Gasteiger partial charge on any atom is 0.227 e. The average molecular weight is 331 g/mol. The summed E-state index contributed by atoms with van der Waals surface area (Å²) in [5, 5.41) is 0.992. The molecule has 2 N–H and O–H groups in total. The Hall–Kier alpha value is -1.72. The van der Waals surface area contributed by atoms with Crippen LogP contribution in [0.4, 0.5) is 0 Å². The molecule has 0 spiro atoms. The Balaban J connectivity index is 2.25. The van der Waals surface area contributed by atoms with Gasteiger partial charge >= 0.3 is 0 Å². The van der Waals surface area contributed by atoms with Crippen LogP contribution in [0.5, 0.6) is 0 Å². The summed E-state index contributed by atoms with van der Waals surface area (Å²) in [5.74, 6) is -0.120. The predicted molar refractivity (Wildman–Crippen MR) is 96.3 cm³/mol. The number of aromatic nitrogens is 1. The molecule has 2 aromatic rings. The largest absolute Gasteiger partial charge is 0.338 e. The Morgan fingerprint density at radius 2 is 1.83 bits per heavy atom. The van der Waals surface area contributed by atoms with Crippen molar-refractivity contribution in [2.75, 3.05) is 7.05 Å². The molecule has 1 aromatic carbocycles. The highest BCUT2D eigenvalue weighted by atomic mass is 32.1. The number of amides is 1. The van der Waals surface area contributed by atoms with Gasteiger partial charge in [0.2, 0.25) is 5.91 Å². The lowest BCUT2D eigenvalue weighted by Crippen LogP contribution is -2.40. The van der Waals surface area contributed by atoms with E-state index in [1.807, 2.05) is 52.9 Å². The highest BCUT2D eigenvalue weighted by molar-refractivity contribution is 7.15. The summed E-state index contributed by atoms with van der Waals surface area (Å²) in [7, 11) is 1.84. The maximum atomic E-state index is 12.5. The number of nitrogens with two attached hydrogens (primary N) is 1. The minimum atomic E-state index is -0.190. The van der Waals surface area contributed by atoms with Gasteiger partial charge in [-0.1, -0.05) is 37.3 Å². The van der Waals surface area contributed by atoms with Crippen molar-refractivity contribution >= 4 is 17.2 Å². The highest BCUT2D eigenvalue weighted by Crippen LogP contribution is 2.34. The number of rotatable bonds is 5. The van der Waals surface area contributed by atoms with Crippen molar-refractivity contribution in [2.45, 2.75) is 39.8 Å². The van der Waals surface area contributed by atoms with Gasteiger partial charge in [0.25, 0.3) is 0 Å². The zero-order valence-corrected chi connectivity index (χ0v) is 15.2. The second kappa shape index (κ2) is 7.23. The zero-order chi connectivity index (χ0) is 17.1. The Morgan fingerprint density at radius 3 is 2.39 bits per heavy atom. The Morgan fingerprint density at radius 1 is 1.22 bits per heavy atom. The quantitative estimate of drug-likeness (QED) is 0.910.